The molecule has 0 saturated carbocycles. The van der Waals surface area contributed by atoms with E-state index in [0.29, 0.717) is 18.0 Å². The van der Waals surface area contributed by atoms with E-state index in [0.717, 1.165) is 0 Å². The van der Waals surface area contributed by atoms with Crippen LogP contribution in [0.4, 0.5) is 5.69 Å². The second-order valence-electron chi connectivity index (χ2n) is 5.75. The van der Waals surface area contributed by atoms with E-state index in [-0.39, 0.29) is 36.6 Å². The van der Waals surface area contributed by atoms with Crippen LogP contribution in [-0.4, -0.2) is 42.7 Å². The molecule has 128 valence electrons. The van der Waals surface area contributed by atoms with Gasteiger partial charge in [0.25, 0.3) is 5.91 Å². The van der Waals surface area contributed by atoms with E-state index in [2.05, 4.69) is 10.6 Å². The molecule has 0 fully saturated rings. The number of anilines is 1. The summed E-state index contributed by atoms with van der Waals surface area (Å²) in [6.07, 6.45) is 0. The third kappa shape index (κ3) is 6.56. The first-order valence-electron chi connectivity index (χ1n) is 7.54. The summed E-state index contributed by atoms with van der Waals surface area (Å²) >= 11 is 0. The molecule has 0 spiro atoms. The fourth-order valence-corrected chi connectivity index (χ4v) is 1.74. The van der Waals surface area contributed by atoms with Gasteiger partial charge in [-0.05, 0) is 32.0 Å². The van der Waals surface area contributed by atoms with Gasteiger partial charge in [0.05, 0.1) is 18.7 Å². The fourth-order valence-electron chi connectivity index (χ4n) is 1.74. The van der Waals surface area contributed by atoms with Gasteiger partial charge in [-0.1, -0.05) is 6.92 Å². The highest BCUT2D eigenvalue weighted by molar-refractivity contribution is 6.01. The molecule has 2 amide bonds. The van der Waals surface area contributed by atoms with Crippen molar-refractivity contribution in [2.24, 2.45) is 5.92 Å². The topological polar surface area (TPSA) is 114 Å². The number of hydrogen-bond acceptors (Lipinski definition) is 5. The van der Waals surface area contributed by atoms with Gasteiger partial charge in [-0.25, -0.2) is 0 Å². The molecule has 0 aliphatic carbocycles. The third-order valence-corrected chi connectivity index (χ3v) is 2.97. The summed E-state index contributed by atoms with van der Waals surface area (Å²) in [5.41, 5.74) is 6.35. The van der Waals surface area contributed by atoms with Gasteiger partial charge in [-0.2, -0.15) is 0 Å². The van der Waals surface area contributed by atoms with E-state index in [1.807, 2.05) is 20.8 Å². The number of aliphatic hydroxyl groups excluding tert-OH is 1. The molecule has 0 aliphatic rings. The lowest BCUT2D eigenvalue weighted by atomic mass is 10.1. The lowest BCUT2D eigenvalue weighted by Gasteiger charge is -2.13. The lowest BCUT2D eigenvalue weighted by molar-refractivity contribution is -0.120. The van der Waals surface area contributed by atoms with Gasteiger partial charge >= 0.3 is 0 Å². The predicted octanol–water partition coefficient (Wildman–Crippen LogP) is 0.530. The molecule has 0 bridgehead atoms. The van der Waals surface area contributed by atoms with Crippen LogP contribution in [0.5, 0.6) is 5.75 Å². The summed E-state index contributed by atoms with van der Waals surface area (Å²) in [5, 5.41) is 14.2. The van der Waals surface area contributed by atoms with Crippen LogP contribution in [0.2, 0.25) is 0 Å². The van der Waals surface area contributed by atoms with Crippen LogP contribution in [0.25, 0.3) is 0 Å². The Hall–Kier alpha value is -2.28. The Morgan fingerprint density at radius 2 is 2.00 bits per heavy atom. The molecule has 0 heterocycles. The molecule has 5 N–H and O–H groups in total. The van der Waals surface area contributed by atoms with Gasteiger partial charge in [0.2, 0.25) is 5.91 Å². The minimum Gasteiger partial charge on any atom is -0.493 e. The number of rotatable bonds is 8. The number of benzene rings is 1. The van der Waals surface area contributed by atoms with Crippen molar-refractivity contribution in [3.63, 3.8) is 0 Å². The SMILES string of the molecule is CC(CO)COc1ccc(N)c(C(=O)NCC(=O)NC(C)C)c1. The van der Waals surface area contributed by atoms with Crippen LogP contribution in [-0.2, 0) is 4.79 Å². The normalized spacial score (nSPS) is 11.9. The Bertz CT molecular complexity index is 546. The standard InChI is InChI=1S/C16H25N3O4/c1-10(2)19-15(21)7-18-16(22)13-6-12(4-5-14(13)17)23-9-11(3)8-20/h4-6,10-11,20H,7-9,17H2,1-3H3,(H,18,22)(H,19,21). The molecule has 0 aliphatic heterocycles. The second kappa shape index (κ2) is 8.99. The quantitative estimate of drug-likeness (QED) is 0.521. The van der Waals surface area contributed by atoms with Gasteiger partial charge < -0.3 is 26.2 Å². The van der Waals surface area contributed by atoms with Crippen molar-refractivity contribution in [1.29, 1.82) is 0 Å². The Kier molecular flexibility index (Phi) is 7.34. The highest BCUT2D eigenvalue weighted by atomic mass is 16.5. The summed E-state index contributed by atoms with van der Waals surface area (Å²) < 4.78 is 5.51. The van der Waals surface area contributed by atoms with Gasteiger partial charge in [-0.3, -0.25) is 9.59 Å². The van der Waals surface area contributed by atoms with Crippen molar-refractivity contribution in [2.45, 2.75) is 26.8 Å². The summed E-state index contributed by atoms with van der Waals surface area (Å²) in [7, 11) is 0. The molecular weight excluding hydrogens is 298 g/mol. The monoisotopic (exact) mass is 323 g/mol. The first-order valence-corrected chi connectivity index (χ1v) is 7.54. The van der Waals surface area contributed by atoms with E-state index in [1.54, 1.807) is 12.1 Å². The fraction of sp³-hybridized carbons (Fsp3) is 0.500. The smallest absolute Gasteiger partial charge is 0.253 e. The third-order valence-electron chi connectivity index (χ3n) is 2.97. The van der Waals surface area contributed by atoms with Crippen LogP contribution >= 0.6 is 0 Å². The highest BCUT2D eigenvalue weighted by Gasteiger charge is 2.13. The van der Waals surface area contributed by atoms with Crippen molar-refractivity contribution in [3.8, 4) is 5.75 Å². The van der Waals surface area contributed by atoms with Crippen molar-refractivity contribution < 1.29 is 19.4 Å². The maximum Gasteiger partial charge on any atom is 0.253 e. The number of nitrogens with two attached hydrogens (primary N) is 1. The molecule has 1 aromatic rings. The number of hydrogen-bond donors (Lipinski definition) is 4. The van der Waals surface area contributed by atoms with Gasteiger partial charge in [0, 0.05) is 24.3 Å². The molecular formula is C16H25N3O4. The summed E-state index contributed by atoms with van der Waals surface area (Å²) in [5.74, 6) is -0.237. The molecule has 23 heavy (non-hydrogen) atoms. The van der Waals surface area contributed by atoms with Crippen molar-refractivity contribution in [3.05, 3.63) is 23.8 Å². The summed E-state index contributed by atoms with van der Waals surface area (Å²) in [4.78, 5) is 23.7. The van der Waals surface area contributed by atoms with Crippen LogP contribution in [0.15, 0.2) is 18.2 Å². The zero-order chi connectivity index (χ0) is 17.4. The van der Waals surface area contributed by atoms with E-state index in [9.17, 15) is 9.59 Å². The van der Waals surface area contributed by atoms with Gasteiger partial charge in [0.1, 0.15) is 5.75 Å². The number of ether oxygens (including phenoxy) is 1. The zero-order valence-electron chi connectivity index (χ0n) is 13.8. The molecule has 0 radical (unpaired) electrons. The first-order chi connectivity index (χ1) is 10.8. The maximum absolute atomic E-state index is 12.1. The van der Waals surface area contributed by atoms with Crippen LogP contribution in [0.3, 0.4) is 0 Å². The number of carbonyl (C=O) groups is 2. The summed E-state index contributed by atoms with van der Waals surface area (Å²) in [6, 6.07) is 4.76. The lowest BCUT2D eigenvalue weighted by Crippen LogP contribution is -2.39. The number of amides is 2. The maximum atomic E-state index is 12.1. The van der Waals surface area contributed by atoms with Crippen molar-refractivity contribution in [1.82, 2.24) is 10.6 Å². The van der Waals surface area contributed by atoms with Crippen LogP contribution in [0, 0.1) is 5.92 Å². The molecule has 7 nitrogen and oxygen atoms in total. The van der Waals surface area contributed by atoms with Crippen molar-refractivity contribution in [2.75, 3.05) is 25.5 Å². The average molecular weight is 323 g/mol. The molecule has 1 rings (SSSR count). The Morgan fingerprint density at radius 3 is 2.61 bits per heavy atom. The molecule has 1 aromatic carbocycles. The van der Waals surface area contributed by atoms with Gasteiger partial charge in [0.15, 0.2) is 0 Å². The largest absolute Gasteiger partial charge is 0.493 e. The van der Waals surface area contributed by atoms with E-state index < -0.39 is 5.91 Å². The highest BCUT2D eigenvalue weighted by Crippen LogP contribution is 2.20. The Morgan fingerprint density at radius 1 is 1.30 bits per heavy atom. The summed E-state index contributed by atoms with van der Waals surface area (Å²) in [6.45, 7) is 5.75. The Labute approximate surface area is 136 Å². The van der Waals surface area contributed by atoms with Gasteiger partial charge in [-0.15, -0.1) is 0 Å². The molecule has 1 atom stereocenters. The number of nitrogen functional groups attached to an aromatic ring is 1. The molecule has 7 heteroatoms. The molecule has 0 aromatic heterocycles. The molecule has 1 unspecified atom stereocenters. The van der Waals surface area contributed by atoms with Crippen LogP contribution < -0.4 is 21.1 Å². The Balaban J connectivity index is 2.66. The number of nitrogens with one attached hydrogen (secondary N) is 2. The number of carbonyl (C=O) groups excluding carboxylic acids is 2. The minimum absolute atomic E-state index is 0.00899. The minimum atomic E-state index is -0.443. The van der Waals surface area contributed by atoms with E-state index in [4.69, 9.17) is 15.6 Å². The second-order valence-corrected chi connectivity index (χ2v) is 5.75. The zero-order valence-corrected chi connectivity index (χ0v) is 13.8. The molecule has 0 saturated heterocycles. The van der Waals surface area contributed by atoms with E-state index >= 15 is 0 Å². The van der Waals surface area contributed by atoms with E-state index in [1.165, 1.54) is 6.07 Å². The average Bonchev–Trinajstić information content (AvgIpc) is 2.50. The first kappa shape index (κ1) is 18.8. The van der Waals surface area contributed by atoms with Crippen molar-refractivity contribution >= 4 is 17.5 Å². The van der Waals surface area contributed by atoms with Crippen LogP contribution in [0.1, 0.15) is 31.1 Å². The number of aliphatic hydroxyl groups is 1. The predicted molar refractivity (Wildman–Crippen MR) is 88.2 cm³/mol.